The Bertz CT molecular complexity index is 523. The summed E-state index contributed by atoms with van der Waals surface area (Å²) in [6, 6.07) is 1.63. The van der Waals surface area contributed by atoms with E-state index in [-0.39, 0.29) is 5.56 Å². The van der Waals surface area contributed by atoms with Crippen LogP contribution in [-0.2, 0) is 6.54 Å². The van der Waals surface area contributed by atoms with Gasteiger partial charge in [0.2, 0.25) is 0 Å². The third kappa shape index (κ3) is 2.95. The maximum atomic E-state index is 11.8. The molecule has 0 aromatic carbocycles. The summed E-state index contributed by atoms with van der Waals surface area (Å²) >= 11 is 0. The Morgan fingerprint density at radius 3 is 2.90 bits per heavy atom. The van der Waals surface area contributed by atoms with E-state index in [2.05, 4.69) is 24.1 Å². The third-order valence-electron chi connectivity index (χ3n) is 4.76. The lowest BCUT2D eigenvalue weighted by atomic mass is 9.88. The zero-order chi connectivity index (χ0) is 14.1. The lowest BCUT2D eigenvalue weighted by molar-refractivity contribution is 0.403. The van der Waals surface area contributed by atoms with Gasteiger partial charge >= 0.3 is 0 Å². The lowest BCUT2D eigenvalue weighted by Crippen LogP contribution is -2.24. The first-order valence-corrected chi connectivity index (χ1v) is 7.92. The molecule has 2 bridgehead atoms. The normalized spacial score (nSPS) is 28.4. The quantitative estimate of drug-likeness (QED) is 0.867. The Labute approximate surface area is 120 Å². The van der Waals surface area contributed by atoms with Gasteiger partial charge in [0.05, 0.1) is 5.69 Å². The van der Waals surface area contributed by atoms with Crippen LogP contribution in [0.2, 0.25) is 0 Å². The first-order valence-electron chi connectivity index (χ1n) is 7.92. The van der Waals surface area contributed by atoms with Crippen LogP contribution in [-0.4, -0.2) is 16.5 Å². The molecule has 3 rings (SSSR count). The van der Waals surface area contributed by atoms with Gasteiger partial charge in [0.1, 0.15) is 5.82 Å². The van der Waals surface area contributed by atoms with Gasteiger partial charge in [-0.25, -0.2) is 4.98 Å². The van der Waals surface area contributed by atoms with Crippen LogP contribution < -0.4 is 10.9 Å². The average molecular weight is 275 g/mol. The van der Waals surface area contributed by atoms with Gasteiger partial charge in [0.25, 0.3) is 5.56 Å². The first-order chi connectivity index (χ1) is 9.61. The van der Waals surface area contributed by atoms with E-state index in [4.69, 9.17) is 4.98 Å². The van der Waals surface area contributed by atoms with Crippen molar-refractivity contribution < 1.29 is 0 Å². The van der Waals surface area contributed by atoms with Crippen molar-refractivity contribution in [1.29, 1.82) is 0 Å². The van der Waals surface area contributed by atoms with Crippen LogP contribution in [0.15, 0.2) is 10.9 Å². The van der Waals surface area contributed by atoms with E-state index >= 15 is 0 Å². The minimum absolute atomic E-state index is 0.000814. The summed E-state index contributed by atoms with van der Waals surface area (Å²) in [5.41, 5.74) is 0.881. The molecule has 20 heavy (non-hydrogen) atoms. The molecule has 0 amide bonds. The summed E-state index contributed by atoms with van der Waals surface area (Å²) in [5, 5.41) is 3.36. The summed E-state index contributed by atoms with van der Waals surface area (Å²) in [6.45, 7) is 6.01. The highest BCUT2D eigenvalue weighted by Crippen LogP contribution is 2.51. The number of hydrogen-bond acceptors (Lipinski definition) is 3. The second-order valence-electron chi connectivity index (χ2n) is 6.93. The van der Waals surface area contributed by atoms with E-state index in [9.17, 15) is 4.79 Å². The van der Waals surface area contributed by atoms with Crippen molar-refractivity contribution in [2.45, 2.75) is 52.0 Å². The second kappa shape index (κ2) is 5.68. The Morgan fingerprint density at radius 1 is 1.40 bits per heavy atom. The second-order valence-corrected chi connectivity index (χ2v) is 6.93. The Morgan fingerprint density at radius 2 is 2.25 bits per heavy atom. The van der Waals surface area contributed by atoms with Crippen LogP contribution in [0.4, 0.5) is 0 Å². The van der Waals surface area contributed by atoms with Gasteiger partial charge < -0.3 is 10.3 Å². The lowest BCUT2D eigenvalue weighted by Gasteiger charge is -2.21. The Hall–Kier alpha value is -1.16. The van der Waals surface area contributed by atoms with Crippen molar-refractivity contribution in [3.8, 4) is 0 Å². The van der Waals surface area contributed by atoms with Crippen LogP contribution in [0.3, 0.4) is 0 Å². The van der Waals surface area contributed by atoms with Crippen molar-refractivity contribution in [3.63, 3.8) is 0 Å². The zero-order valence-electron chi connectivity index (χ0n) is 12.5. The molecule has 1 aromatic rings. The fourth-order valence-corrected chi connectivity index (χ4v) is 3.86. The van der Waals surface area contributed by atoms with Crippen molar-refractivity contribution in [3.05, 3.63) is 27.9 Å². The monoisotopic (exact) mass is 275 g/mol. The summed E-state index contributed by atoms with van der Waals surface area (Å²) in [7, 11) is 0. The van der Waals surface area contributed by atoms with Crippen LogP contribution in [0, 0.1) is 17.8 Å². The van der Waals surface area contributed by atoms with Crippen LogP contribution >= 0.6 is 0 Å². The number of H-pyrrole nitrogens is 1. The molecule has 2 fully saturated rings. The highest BCUT2D eigenvalue weighted by Gasteiger charge is 2.41. The topological polar surface area (TPSA) is 57.8 Å². The molecule has 1 aromatic heterocycles. The van der Waals surface area contributed by atoms with E-state index in [1.165, 1.54) is 25.7 Å². The number of aromatic nitrogens is 2. The highest BCUT2D eigenvalue weighted by molar-refractivity contribution is 5.11. The molecule has 0 saturated heterocycles. The van der Waals surface area contributed by atoms with Gasteiger partial charge in [0, 0.05) is 18.5 Å². The molecule has 0 aliphatic heterocycles. The summed E-state index contributed by atoms with van der Waals surface area (Å²) < 4.78 is 0. The number of fused-ring (bicyclic) bond motifs is 2. The number of nitrogens with zero attached hydrogens (tertiary/aromatic N) is 1. The predicted molar refractivity (Wildman–Crippen MR) is 79.6 cm³/mol. The van der Waals surface area contributed by atoms with E-state index in [1.54, 1.807) is 6.07 Å². The van der Waals surface area contributed by atoms with Gasteiger partial charge in [-0.3, -0.25) is 4.79 Å². The minimum atomic E-state index is -0.000814. The predicted octanol–water partition coefficient (Wildman–Crippen LogP) is 2.42. The molecule has 0 spiro atoms. The van der Waals surface area contributed by atoms with E-state index in [1.807, 2.05) is 0 Å². The molecule has 2 saturated carbocycles. The van der Waals surface area contributed by atoms with Crippen molar-refractivity contribution in [2.75, 3.05) is 6.54 Å². The van der Waals surface area contributed by atoms with Gasteiger partial charge in [-0.15, -0.1) is 0 Å². The SMILES string of the molecule is CC(C)CNCc1cc(=O)[nH]c(C2CC3CCC2C3)n1. The maximum absolute atomic E-state index is 11.8. The van der Waals surface area contributed by atoms with Crippen molar-refractivity contribution >= 4 is 0 Å². The molecule has 2 aliphatic rings. The summed E-state index contributed by atoms with van der Waals surface area (Å²) in [4.78, 5) is 19.5. The third-order valence-corrected chi connectivity index (χ3v) is 4.76. The summed E-state index contributed by atoms with van der Waals surface area (Å²) in [5.74, 6) is 3.67. The number of rotatable bonds is 5. The van der Waals surface area contributed by atoms with Crippen LogP contribution in [0.5, 0.6) is 0 Å². The molecular weight excluding hydrogens is 250 g/mol. The van der Waals surface area contributed by atoms with E-state index in [0.29, 0.717) is 18.4 Å². The molecule has 2 N–H and O–H groups in total. The van der Waals surface area contributed by atoms with Gasteiger partial charge in [-0.1, -0.05) is 20.3 Å². The maximum Gasteiger partial charge on any atom is 0.251 e. The number of nitrogens with one attached hydrogen (secondary N) is 2. The number of aromatic amines is 1. The summed E-state index contributed by atoms with van der Waals surface area (Å²) in [6.07, 6.45) is 5.25. The smallest absolute Gasteiger partial charge is 0.251 e. The molecule has 2 aliphatic carbocycles. The fraction of sp³-hybridized carbons (Fsp3) is 0.750. The molecule has 110 valence electrons. The van der Waals surface area contributed by atoms with Crippen LogP contribution in [0.25, 0.3) is 0 Å². The fourth-order valence-electron chi connectivity index (χ4n) is 3.86. The molecule has 3 unspecified atom stereocenters. The van der Waals surface area contributed by atoms with Gasteiger partial charge in [0.15, 0.2) is 0 Å². The number of hydrogen-bond donors (Lipinski definition) is 2. The largest absolute Gasteiger partial charge is 0.311 e. The van der Waals surface area contributed by atoms with Gasteiger partial charge in [-0.05, 0) is 43.6 Å². The van der Waals surface area contributed by atoms with E-state index in [0.717, 1.165) is 29.9 Å². The van der Waals surface area contributed by atoms with Crippen molar-refractivity contribution in [1.82, 2.24) is 15.3 Å². The van der Waals surface area contributed by atoms with Crippen LogP contribution in [0.1, 0.15) is 57.0 Å². The zero-order valence-corrected chi connectivity index (χ0v) is 12.5. The molecule has 0 radical (unpaired) electrons. The molecule has 1 heterocycles. The van der Waals surface area contributed by atoms with E-state index < -0.39 is 0 Å². The Balaban J connectivity index is 1.72. The molecule has 4 heteroatoms. The molecule has 3 atom stereocenters. The van der Waals surface area contributed by atoms with Crippen molar-refractivity contribution in [2.24, 2.45) is 17.8 Å². The standard InChI is InChI=1S/C16H25N3O/c1-10(2)8-17-9-13-7-15(20)19-16(18-13)14-6-11-3-4-12(14)5-11/h7,10-12,14,17H,3-6,8-9H2,1-2H3,(H,18,19,20). The average Bonchev–Trinajstić information content (AvgIpc) is 2.99. The minimum Gasteiger partial charge on any atom is -0.311 e. The molecule has 4 nitrogen and oxygen atoms in total. The Kier molecular flexibility index (Phi) is 3.92. The first kappa shape index (κ1) is 13.8. The molecular formula is C16H25N3O. The highest BCUT2D eigenvalue weighted by atomic mass is 16.1. The van der Waals surface area contributed by atoms with Gasteiger partial charge in [-0.2, -0.15) is 0 Å².